The second kappa shape index (κ2) is 7.32. The fraction of sp³-hybridized carbons (Fsp3) is 0.765. The maximum Gasteiger partial charge on any atom is 0.158 e. The van der Waals surface area contributed by atoms with E-state index < -0.39 is 0 Å². The van der Waals surface area contributed by atoms with Crippen molar-refractivity contribution in [2.75, 3.05) is 20.2 Å². The summed E-state index contributed by atoms with van der Waals surface area (Å²) in [6, 6.07) is 0. The van der Waals surface area contributed by atoms with Gasteiger partial charge in [-0.25, -0.2) is 9.97 Å². The van der Waals surface area contributed by atoms with Crippen molar-refractivity contribution >= 4 is 0 Å². The summed E-state index contributed by atoms with van der Waals surface area (Å²) in [7, 11) is 1.73. The molecule has 0 spiro atoms. The van der Waals surface area contributed by atoms with E-state index >= 15 is 0 Å². The lowest BCUT2D eigenvalue weighted by atomic mass is 9.88. The normalized spacial score (nSPS) is 15.0. The molecule has 0 aliphatic carbocycles. The zero-order valence-corrected chi connectivity index (χ0v) is 14.9. The zero-order chi connectivity index (χ0) is 16.2. The minimum absolute atomic E-state index is 0.0233. The molecule has 4 heteroatoms. The molecule has 0 bridgehead atoms. The van der Waals surface area contributed by atoms with Gasteiger partial charge in [-0.05, 0) is 37.3 Å². The molecule has 1 aromatic heterocycles. The number of aromatic nitrogens is 2. The number of methoxy groups -OCH3 is 1. The highest BCUT2D eigenvalue weighted by atomic mass is 16.5. The highest BCUT2D eigenvalue weighted by Gasteiger charge is 2.29. The summed E-state index contributed by atoms with van der Waals surface area (Å²) in [6.07, 6.45) is -0.0898. The summed E-state index contributed by atoms with van der Waals surface area (Å²) in [5.74, 6) is 1.20. The maximum atomic E-state index is 5.64. The molecule has 120 valence electrons. The van der Waals surface area contributed by atoms with Gasteiger partial charge in [-0.2, -0.15) is 0 Å². The average Bonchev–Trinajstić information content (AvgIpc) is 2.34. The molecule has 0 aromatic carbocycles. The smallest absolute Gasteiger partial charge is 0.158 e. The number of hydrogen-bond donors (Lipinski definition) is 1. The van der Waals surface area contributed by atoms with E-state index in [1.165, 1.54) is 5.56 Å². The quantitative estimate of drug-likeness (QED) is 0.871. The Labute approximate surface area is 129 Å². The number of nitrogens with zero attached hydrogens (tertiary/aromatic N) is 2. The van der Waals surface area contributed by atoms with Crippen molar-refractivity contribution in [2.24, 2.45) is 5.41 Å². The second-order valence-electron chi connectivity index (χ2n) is 6.86. The first-order chi connectivity index (χ1) is 9.72. The zero-order valence-electron chi connectivity index (χ0n) is 14.9. The fourth-order valence-electron chi connectivity index (χ4n) is 2.89. The summed E-state index contributed by atoms with van der Waals surface area (Å²) in [4.78, 5) is 9.47. The van der Waals surface area contributed by atoms with E-state index in [2.05, 4.69) is 53.8 Å². The van der Waals surface area contributed by atoms with E-state index in [4.69, 9.17) is 14.7 Å². The highest BCUT2D eigenvalue weighted by molar-refractivity contribution is 5.29. The third-order valence-corrected chi connectivity index (χ3v) is 3.79. The second-order valence-corrected chi connectivity index (χ2v) is 6.86. The number of hydrogen-bond acceptors (Lipinski definition) is 4. The van der Waals surface area contributed by atoms with Crippen LogP contribution in [0.5, 0.6) is 0 Å². The molecule has 0 saturated carbocycles. The molecule has 2 unspecified atom stereocenters. The van der Waals surface area contributed by atoms with Crippen molar-refractivity contribution in [1.82, 2.24) is 15.3 Å². The molecule has 1 aromatic rings. The molecular formula is C17H31N3O. The lowest BCUT2D eigenvalue weighted by Crippen LogP contribution is -2.25. The van der Waals surface area contributed by atoms with Crippen LogP contribution in [0.1, 0.15) is 69.4 Å². The topological polar surface area (TPSA) is 47.0 Å². The van der Waals surface area contributed by atoms with Gasteiger partial charge in [0.25, 0.3) is 0 Å². The molecular weight excluding hydrogens is 262 g/mol. The number of ether oxygens (including phenoxy) is 1. The number of rotatable bonds is 6. The van der Waals surface area contributed by atoms with Gasteiger partial charge in [-0.3, -0.25) is 0 Å². The highest BCUT2D eigenvalue weighted by Crippen LogP contribution is 2.34. The molecule has 1 rings (SSSR count). The minimum atomic E-state index is -0.0898. The average molecular weight is 293 g/mol. The van der Waals surface area contributed by atoms with Crippen molar-refractivity contribution in [3.8, 4) is 0 Å². The largest absolute Gasteiger partial charge is 0.373 e. The molecule has 21 heavy (non-hydrogen) atoms. The van der Waals surface area contributed by atoms with Gasteiger partial charge < -0.3 is 10.1 Å². The van der Waals surface area contributed by atoms with E-state index in [1.807, 2.05) is 0 Å². The van der Waals surface area contributed by atoms with Gasteiger partial charge in [-0.1, -0.05) is 34.6 Å². The lowest BCUT2D eigenvalue weighted by molar-refractivity contribution is 0.00838. The van der Waals surface area contributed by atoms with Crippen molar-refractivity contribution < 1.29 is 4.74 Å². The summed E-state index contributed by atoms with van der Waals surface area (Å²) in [6.45, 7) is 16.9. The first-order valence-electron chi connectivity index (χ1n) is 7.80. The monoisotopic (exact) mass is 293 g/mol. The van der Waals surface area contributed by atoms with Crippen LogP contribution < -0.4 is 5.32 Å². The Morgan fingerprint density at radius 2 is 1.67 bits per heavy atom. The molecule has 0 aliphatic rings. The first kappa shape index (κ1) is 18.1. The van der Waals surface area contributed by atoms with Gasteiger partial charge in [-0.15, -0.1) is 0 Å². The summed E-state index contributed by atoms with van der Waals surface area (Å²) >= 11 is 0. The van der Waals surface area contributed by atoms with Crippen LogP contribution >= 0.6 is 0 Å². The van der Waals surface area contributed by atoms with Gasteiger partial charge in [0.05, 0.1) is 0 Å². The molecule has 0 fully saturated rings. The Balaban J connectivity index is 3.15. The third-order valence-electron chi connectivity index (χ3n) is 3.79. The van der Waals surface area contributed by atoms with Gasteiger partial charge >= 0.3 is 0 Å². The summed E-state index contributed by atoms with van der Waals surface area (Å²) in [5.41, 5.74) is 3.36. The number of likely N-dealkylation sites (N-methyl/N-ethyl adjacent to an activating group) is 1. The maximum absolute atomic E-state index is 5.64. The molecule has 4 nitrogen and oxygen atoms in total. The fourth-order valence-corrected chi connectivity index (χ4v) is 2.89. The first-order valence-corrected chi connectivity index (χ1v) is 7.80. The van der Waals surface area contributed by atoms with Crippen LogP contribution in [-0.4, -0.2) is 30.2 Å². The van der Waals surface area contributed by atoms with E-state index in [9.17, 15) is 0 Å². The molecule has 2 atom stereocenters. The van der Waals surface area contributed by atoms with Gasteiger partial charge in [0.2, 0.25) is 0 Å². The van der Waals surface area contributed by atoms with Gasteiger partial charge in [0.1, 0.15) is 6.10 Å². The Morgan fingerprint density at radius 1 is 1.14 bits per heavy atom. The Bertz CT molecular complexity index is 443. The van der Waals surface area contributed by atoms with Crippen LogP contribution in [0.4, 0.5) is 0 Å². The van der Waals surface area contributed by atoms with Crippen molar-refractivity contribution in [2.45, 2.75) is 60.5 Å². The molecule has 1 N–H and O–H groups in total. The van der Waals surface area contributed by atoms with Crippen LogP contribution in [0.2, 0.25) is 0 Å². The minimum Gasteiger partial charge on any atom is -0.373 e. The Hall–Kier alpha value is -1.00. The third kappa shape index (κ3) is 4.48. The van der Waals surface area contributed by atoms with Crippen LogP contribution in [0, 0.1) is 19.3 Å². The molecule has 0 radical (unpaired) electrons. The van der Waals surface area contributed by atoms with E-state index in [1.54, 1.807) is 7.11 Å². The predicted octanol–water partition coefficient (Wildman–Crippen LogP) is 3.54. The Morgan fingerprint density at radius 3 is 2.05 bits per heavy atom. The van der Waals surface area contributed by atoms with Crippen LogP contribution in [-0.2, 0) is 4.74 Å². The van der Waals surface area contributed by atoms with E-state index in [-0.39, 0.29) is 11.5 Å². The van der Waals surface area contributed by atoms with Gasteiger partial charge in [0, 0.05) is 25.0 Å². The van der Waals surface area contributed by atoms with E-state index in [0.29, 0.717) is 5.92 Å². The summed E-state index contributed by atoms with van der Waals surface area (Å²) < 4.78 is 5.64. The summed E-state index contributed by atoms with van der Waals surface area (Å²) in [5, 5.41) is 3.39. The van der Waals surface area contributed by atoms with Crippen molar-refractivity contribution in [1.29, 1.82) is 0 Å². The Kier molecular flexibility index (Phi) is 6.29. The standard InChI is InChI=1S/C17H31N3O/c1-9-18-10-11(2)14-12(3)19-16(20-13(14)4)15(21-8)17(5,6)7/h11,15,18H,9-10H2,1-8H3. The van der Waals surface area contributed by atoms with Crippen LogP contribution in [0.25, 0.3) is 0 Å². The van der Waals surface area contributed by atoms with Crippen molar-refractivity contribution in [3.05, 3.63) is 22.8 Å². The number of nitrogens with one attached hydrogen (secondary N) is 1. The molecule has 0 aliphatic heterocycles. The number of aryl methyl sites for hydroxylation is 2. The SMILES string of the molecule is CCNCC(C)c1c(C)nc(C(OC)C(C)(C)C)nc1C. The van der Waals surface area contributed by atoms with E-state index in [0.717, 1.165) is 30.3 Å². The van der Waals surface area contributed by atoms with Crippen molar-refractivity contribution in [3.63, 3.8) is 0 Å². The molecule has 0 amide bonds. The van der Waals surface area contributed by atoms with Gasteiger partial charge in [0.15, 0.2) is 5.82 Å². The van der Waals surface area contributed by atoms with Crippen LogP contribution in [0.15, 0.2) is 0 Å². The lowest BCUT2D eigenvalue weighted by Gasteiger charge is -2.29. The predicted molar refractivity (Wildman–Crippen MR) is 87.7 cm³/mol. The molecule has 1 heterocycles. The molecule has 0 saturated heterocycles. The van der Waals surface area contributed by atoms with Crippen LogP contribution in [0.3, 0.4) is 0 Å².